The van der Waals surface area contributed by atoms with Crippen LogP contribution in [0, 0.1) is 31.5 Å². The van der Waals surface area contributed by atoms with E-state index < -0.39 is 6.10 Å². The molecule has 4 rings (SSSR count). The molecule has 1 N–H and O–H groups in total. The fraction of sp³-hybridized carbons (Fsp3) is 0.455. The number of fused-ring (bicyclic) bond motifs is 1. The van der Waals surface area contributed by atoms with Crippen LogP contribution in [0.2, 0.25) is 0 Å². The molecule has 0 radical (unpaired) electrons. The van der Waals surface area contributed by atoms with E-state index in [1.54, 1.807) is 12.1 Å². The lowest BCUT2D eigenvalue weighted by molar-refractivity contribution is -0.0231. The van der Waals surface area contributed by atoms with Gasteiger partial charge in [-0.2, -0.15) is 0 Å². The molecule has 0 bridgehead atoms. The van der Waals surface area contributed by atoms with E-state index in [1.807, 2.05) is 30.9 Å². The number of aliphatic hydroxyl groups excluding tert-OH is 1. The number of pyridine rings is 1. The van der Waals surface area contributed by atoms with Crippen LogP contribution in [0.25, 0.3) is 0 Å². The second-order valence-corrected chi connectivity index (χ2v) is 7.96. The van der Waals surface area contributed by atoms with Crippen molar-refractivity contribution in [3.8, 4) is 5.75 Å². The van der Waals surface area contributed by atoms with Gasteiger partial charge in [-0.25, -0.2) is 4.39 Å². The van der Waals surface area contributed by atoms with E-state index in [4.69, 9.17) is 4.74 Å². The maximum atomic E-state index is 13.1. The maximum Gasteiger partial charge on any atom is 0.255 e. The molecule has 1 saturated carbocycles. The number of ether oxygens (including phenoxy) is 1. The number of likely N-dealkylation sites (tertiary alicyclic amines) is 1. The monoisotopic (exact) mass is 384 g/mol. The first-order valence-electron chi connectivity index (χ1n) is 9.74. The first kappa shape index (κ1) is 18.9. The lowest BCUT2D eigenvalue weighted by Crippen LogP contribution is -2.42. The molecule has 1 saturated heterocycles. The van der Waals surface area contributed by atoms with Gasteiger partial charge in [-0.05, 0) is 74.9 Å². The Kier molecular flexibility index (Phi) is 5.06. The molecule has 1 aliphatic heterocycles. The number of carbonyl (C=O) groups excluding carboxylic acids is 1. The zero-order valence-electron chi connectivity index (χ0n) is 16.1. The highest BCUT2D eigenvalue weighted by atomic mass is 19.1. The Balaban J connectivity index is 1.43. The summed E-state index contributed by atoms with van der Waals surface area (Å²) in [5.74, 6) is 0.797. The number of carbonyl (C=O) groups is 1. The third-order valence-electron chi connectivity index (χ3n) is 5.93. The molecular formula is C22H25FN2O3. The largest absolute Gasteiger partial charge is 0.488 e. The topological polar surface area (TPSA) is 62.7 Å². The predicted molar refractivity (Wildman–Crippen MR) is 103 cm³/mol. The summed E-state index contributed by atoms with van der Waals surface area (Å²) in [5.41, 5.74) is 2.29. The Hall–Kier alpha value is -2.47. The van der Waals surface area contributed by atoms with E-state index >= 15 is 0 Å². The number of hydrogen-bond acceptors (Lipinski definition) is 4. The molecule has 5 nitrogen and oxygen atoms in total. The van der Waals surface area contributed by atoms with Gasteiger partial charge in [0.15, 0.2) is 0 Å². The van der Waals surface area contributed by atoms with Crippen molar-refractivity contribution in [2.24, 2.45) is 11.8 Å². The van der Waals surface area contributed by atoms with E-state index in [0.29, 0.717) is 37.2 Å². The molecule has 2 heterocycles. The molecule has 0 unspecified atom stereocenters. The minimum absolute atomic E-state index is 0.00453. The Bertz CT molecular complexity index is 871. The molecule has 1 aromatic carbocycles. The summed E-state index contributed by atoms with van der Waals surface area (Å²) in [7, 11) is 0. The maximum absolute atomic E-state index is 13.1. The average molecular weight is 384 g/mol. The molecule has 2 fully saturated rings. The number of aromatic nitrogens is 1. The first-order valence-corrected chi connectivity index (χ1v) is 9.74. The van der Waals surface area contributed by atoms with Crippen LogP contribution in [0.4, 0.5) is 4.39 Å². The van der Waals surface area contributed by atoms with Crippen molar-refractivity contribution in [3.63, 3.8) is 0 Å². The van der Waals surface area contributed by atoms with Crippen LogP contribution in [0.3, 0.4) is 0 Å². The van der Waals surface area contributed by atoms with Crippen LogP contribution >= 0.6 is 0 Å². The van der Waals surface area contributed by atoms with E-state index in [1.165, 1.54) is 12.1 Å². The lowest BCUT2D eigenvalue weighted by Gasteiger charge is -2.35. The molecule has 2 aromatic rings. The van der Waals surface area contributed by atoms with Gasteiger partial charge < -0.3 is 14.7 Å². The van der Waals surface area contributed by atoms with Gasteiger partial charge in [0, 0.05) is 18.8 Å². The summed E-state index contributed by atoms with van der Waals surface area (Å²) in [5, 5.41) is 10.5. The van der Waals surface area contributed by atoms with Gasteiger partial charge in [-0.3, -0.25) is 9.78 Å². The predicted octanol–water partition coefficient (Wildman–Crippen LogP) is 3.13. The van der Waals surface area contributed by atoms with Crippen LogP contribution in [-0.2, 0) is 0 Å². The molecule has 6 heteroatoms. The van der Waals surface area contributed by atoms with E-state index in [-0.39, 0.29) is 29.7 Å². The van der Waals surface area contributed by atoms with Crippen molar-refractivity contribution in [1.29, 1.82) is 0 Å². The van der Waals surface area contributed by atoms with Crippen LogP contribution in [0.5, 0.6) is 5.75 Å². The highest BCUT2D eigenvalue weighted by molar-refractivity contribution is 5.95. The summed E-state index contributed by atoms with van der Waals surface area (Å²) >= 11 is 0. The zero-order valence-corrected chi connectivity index (χ0v) is 16.1. The van der Waals surface area contributed by atoms with Crippen LogP contribution in [0.1, 0.15) is 34.6 Å². The van der Waals surface area contributed by atoms with Crippen molar-refractivity contribution in [2.45, 2.75) is 38.9 Å². The Morgan fingerprint density at radius 1 is 1.11 bits per heavy atom. The highest BCUT2D eigenvalue weighted by Gasteiger charge is 2.44. The number of aliphatic hydroxyl groups is 1. The highest BCUT2D eigenvalue weighted by Crippen LogP contribution is 2.38. The minimum Gasteiger partial charge on any atom is -0.488 e. The number of nitrogens with zero attached hydrogens (tertiary/aromatic N) is 2. The van der Waals surface area contributed by atoms with E-state index in [2.05, 4.69) is 4.98 Å². The normalized spacial score (nSPS) is 26.8. The third-order valence-corrected chi connectivity index (χ3v) is 5.93. The van der Waals surface area contributed by atoms with Gasteiger partial charge in [0.05, 0.1) is 17.4 Å². The van der Waals surface area contributed by atoms with Crippen molar-refractivity contribution in [3.05, 3.63) is 59.2 Å². The Labute approximate surface area is 164 Å². The first-order chi connectivity index (χ1) is 13.4. The Morgan fingerprint density at radius 3 is 2.46 bits per heavy atom. The number of benzene rings is 1. The van der Waals surface area contributed by atoms with Crippen molar-refractivity contribution >= 4 is 5.91 Å². The molecule has 4 atom stereocenters. The molecule has 2 aliphatic rings. The van der Waals surface area contributed by atoms with Crippen molar-refractivity contribution in [2.75, 3.05) is 13.1 Å². The second kappa shape index (κ2) is 7.51. The molecule has 1 aliphatic carbocycles. The zero-order chi connectivity index (χ0) is 19.8. The van der Waals surface area contributed by atoms with Crippen molar-refractivity contribution < 1.29 is 19.0 Å². The number of hydrogen-bond donors (Lipinski definition) is 1. The summed E-state index contributed by atoms with van der Waals surface area (Å²) < 4.78 is 19.0. The fourth-order valence-corrected chi connectivity index (χ4v) is 4.45. The lowest BCUT2D eigenvalue weighted by atomic mass is 9.78. The standard InChI is InChI=1S/C22H25FN2O3/c1-13-3-8-19(14(2)24-13)22(27)25-11-15-9-20(26)21(10-16(15)12-25)28-18-6-4-17(23)5-7-18/h3-8,15-16,20-21,26H,9-12H2,1-2H3/t15-,16+,20+,21+/m0/s1. The molecule has 148 valence electrons. The number of halogens is 1. The quantitative estimate of drug-likeness (QED) is 0.883. The SMILES string of the molecule is Cc1ccc(C(=O)N2C[C@H]3C[C@@H](Oc4ccc(F)cc4)[C@H](O)C[C@H]3C2)c(C)n1. The van der Waals surface area contributed by atoms with Crippen LogP contribution < -0.4 is 4.74 Å². The van der Waals surface area contributed by atoms with E-state index in [0.717, 1.165) is 11.4 Å². The van der Waals surface area contributed by atoms with Gasteiger partial charge in [0.25, 0.3) is 5.91 Å². The van der Waals surface area contributed by atoms with Crippen LogP contribution in [0.15, 0.2) is 36.4 Å². The van der Waals surface area contributed by atoms with E-state index in [9.17, 15) is 14.3 Å². The van der Waals surface area contributed by atoms with Gasteiger partial charge in [0.2, 0.25) is 0 Å². The van der Waals surface area contributed by atoms with Crippen LogP contribution in [-0.4, -0.2) is 46.2 Å². The van der Waals surface area contributed by atoms with Crippen molar-refractivity contribution in [1.82, 2.24) is 9.88 Å². The van der Waals surface area contributed by atoms with Gasteiger partial charge in [-0.15, -0.1) is 0 Å². The number of rotatable bonds is 3. The minimum atomic E-state index is -0.593. The fourth-order valence-electron chi connectivity index (χ4n) is 4.45. The van der Waals surface area contributed by atoms with Gasteiger partial charge in [-0.1, -0.05) is 0 Å². The second-order valence-electron chi connectivity index (χ2n) is 7.96. The number of amides is 1. The number of aryl methyl sites for hydroxylation is 2. The average Bonchev–Trinajstić information content (AvgIpc) is 3.06. The van der Waals surface area contributed by atoms with Gasteiger partial charge >= 0.3 is 0 Å². The summed E-state index contributed by atoms with van der Waals surface area (Å²) in [6, 6.07) is 9.55. The molecule has 28 heavy (non-hydrogen) atoms. The molecular weight excluding hydrogens is 359 g/mol. The molecule has 1 aromatic heterocycles. The molecule has 0 spiro atoms. The Morgan fingerprint density at radius 2 is 1.79 bits per heavy atom. The summed E-state index contributed by atoms with van der Waals surface area (Å²) in [6.45, 7) is 5.08. The summed E-state index contributed by atoms with van der Waals surface area (Å²) in [4.78, 5) is 19.2. The smallest absolute Gasteiger partial charge is 0.255 e. The molecule has 1 amide bonds. The summed E-state index contributed by atoms with van der Waals surface area (Å²) in [6.07, 6.45) is 0.345. The third kappa shape index (κ3) is 3.74. The van der Waals surface area contributed by atoms with Gasteiger partial charge in [0.1, 0.15) is 17.7 Å².